The summed E-state index contributed by atoms with van der Waals surface area (Å²) >= 11 is 0. The van der Waals surface area contributed by atoms with Crippen molar-refractivity contribution in [3.05, 3.63) is 11.6 Å². The molecule has 0 unspecified atom stereocenters. The van der Waals surface area contributed by atoms with Gasteiger partial charge >= 0.3 is 0 Å². The smallest absolute Gasteiger partial charge is 0.0622 e. The van der Waals surface area contributed by atoms with E-state index in [0.717, 1.165) is 17.8 Å². The molecule has 0 aromatic heterocycles. The zero-order valence-corrected chi connectivity index (χ0v) is 11.0. The van der Waals surface area contributed by atoms with Crippen LogP contribution in [0.15, 0.2) is 11.6 Å². The molecule has 90 valence electrons. The molecule has 4 rings (SSSR count). The number of aliphatic hydroxyl groups is 1. The highest BCUT2D eigenvalue weighted by molar-refractivity contribution is 5.28. The first-order valence-electron chi connectivity index (χ1n) is 6.75. The summed E-state index contributed by atoms with van der Waals surface area (Å²) in [6.07, 6.45) is 6.25. The van der Waals surface area contributed by atoms with E-state index in [1.54, 1.807) is 5.57 Å². The molecule has 0 aromatic rings. The first-order valence-corrected chi connectivity index (χ1v) is 6.75. The fourth-order valence-corrected chi connectivity index (χ4v) is 5.25. The molecule has 4 aliphatic carbocycles. The molecule has 1 nitrogen and oxygen atoms in total. The number of rotatable bonds is 1. The maximum absolute atomic E-state index is 10.3. The average molecular weight is 220 g/mol. The van der Waals surface area contributed by atoms with E-state index in [-0.39, 0.29) is 0 Å². The summed E-state index contributed by atoms with van der Waals surface area (Å²) in [4.78, 5) is 0. The Balaban J connectivity index is 1.96. The highest BCUT2D eigenvalue weighted by Crippen LogP contribution is 2.72. The Bertz CT molecular complexity index is 349. The van der Waals surface area contributed by atoms with E-state index in [1.165, 1.54) is 19.3 Å². The summed E-state index contributed by atoms with van der Waals surface area (Å²) in [6.45, 7) is 8.80. The maximum atomic E-state index is 10.3. The highest BCUT2D eigenvalue weighted by Gasteiger charge is 2.66. The van der Waals surface area contributed by atoms with Crippen LogP contribution in [0.5, 0.6) is 0 Å². The van der Waals surface area contributed by atoms with Crippen molar-refractivity contribution in [2.45, 2.75) is 52.6 Å². The van der Waals surface area contributed by atoms with Crippen LogP contribution in [-0.4, -0.2) is 10.7 Å². The lowest BCUT2D eigenvalue weighted by Crippen LogP contribution is -2.66. The van der Waals surface area contributed by atoms with E-state index in [2.05, 4.69) is 19.9 Å². The molecule has 0 radical (unpaired) electrons. The minimum absolute atomic E-state index is 0.486. The van der Waals surface area contributed by atoms with Gasteiger partial charge in [0.05, 0.1) is 5.60 Å². The maximum Gasteiger partial charge on any atom is 0.0622 e. The minimum Gasteiger partial charge on any atom is -0.390 e. The second kappa shape index (κ2) is 2.93. The van der Waals surface area contributed by atoms with Crippen LogP contribution in [0.1, 0.15) is 47.0 Å². The molecule has 16 heavy (non-hydrogen) atoms. The minimum atomic E-state index is -0.486. The standard InChI is InChI=1S/C15H24O/c1-9-5-6-11-12-10(14(2,3)16)7-8-15(11,4)13(9)12/h5,10-13,16H,6-8H2,1-4H3/t10-,11+,12+,13+,15-/m1/s1. The van der Waals surface area contributed by atoms with Crippen molar-refractivity contribution in [3.8, 4) is 0 Å². The zero-order chi connectivity index (χ0) is 11.7. The van der Waals surface area contributed by atoms with Gasteiger partial charge in [0.15, 0.2) is 0 Å². The topological polar surface area (TPSA) is 20.2 Å². The molecule has 2 fully saturated rings. The summed E-state index contributed by atoms with van der Waals surface area (Å²) in [5.41, 5.74) is 1.69. The van der Waals surface area contributed by atoms with Crippen molar-refractivity contribution < 1.29 is 5.11 Å². The first kappa shape index (κ1) is 10.8. The van der Waals surface area contributed by atoms with Gasteiger partial charge in [-0.15, -0.1) is 0 Å². The van der Waals surface area contributed by atoms with Gasteiger partial charge in [0.1, 0.15) is 0 Å². The van der Waals surface area contributed by atoms with Gasteiger partial charge in [-0.25, -0.2) is 0 Å². The number of hydrogen-bond donors (Lipinski definition) is 1. The predicted octanol–water partition coefficient (Wildman–Crippen LogP) is 3.39. The highest BCUT2D eigenvalue weighted by atomic mass is 16.3. The Morgan fingerprint density at radius 3 is 2.69 bits per heavy atom. The second-order valence-corrected chi connectivity index (χ2v) is 7.15. The Labute approximate surface area is 98.9 Å². The Morgan fingerprint density at radius 1 is 1.44 bits per heavy atom. The summed E-state index contributed by atoms with van der Waals surface area (Å²) in [7, 11) is 0. The van der Waals surface area contributed by atoms with Crippen molar-refractivity contribution in [2.75, 3.05) is 0 Å². The monoisotopic (exact) mass is 220 g/mol. The summed E-state index contributed by atoms with van der Waals surface area (Å²) in [5.74, 6) is 2.92. The van der Waals surface area contributed by atoms with E-state index < -0.39 is 5.60 Å². The number of fused-ring (bicyclic) bond motifs is 1. The van der Waals surface area contributed by atoms with Crippen molar-refractivity contribution in [2.24, 2.45) is 29.1 Å². The molecule has 0 saturated heterocycles. The predicted molar refractivity (Wildman–Crippen MR) is 66.0 cm³/mol. The average Bonchev–Trinajstić information content (AvgIpc) is 2.16. The lowest BCUT2D eigenvalue weighted by atomic mass is 9.34. The molecule has 4 aliphatic rings. The van der Waals surface area contributed by atoms with Gasteiger partial charge in [0.2, 0.25) is 0 Å². The van der Waals surface area contributed by atoms with E-state index in [9.17, 15) is 5.11 Å². The fraction of sp³-hybridized carbons (Fsp3) is 0.867. The van der Waals surface area contributed by atoms with Crippen molar-refractivity contribution in [1.82, 2.24) is 0 Å². The van der Waals surface area contributed by atoms with Gasteiger partial charge in [-0.1, -0.05) is 18.6 Å². The van der Waals surface area contributed by atoms with E-state index in [1.807, 2.05) is 13.8 Å². The Morgan fingerprint density at radius 2 is 2.12 bits per heavy atom. The van der Waals surface area contributed by atoms with Crippen LogP contribution >= 0.6 is 0 Å². The van der Waals surface area contributed by atoms with Gasteiger partial charge in [-0.2, -0.15) is 0 Å². The normalized spacial score (nSPS) is 50.7. The largest absolute Gasteiger partial charge is 0.390 e. The molecular formula is C15H24O. The molecule has 2 saturated carbocycles. The lowest BCUT2D eigenvalue weighted by molar-refractivity contribution is -0.210. The van der Waals surface area contributed by atoms with Gasteiger partial charge in [-0.3, -0.25) is 0 Å². The van der Waals surface area contributed by atoms with Crippen LogP contribution in [0.25, 0.3) is 0 Å². The molecular weight excluding hydrogens is 196 g/mol. The Kier molecular flexibility index (Phi) is 1.98. The number of hydrogen-bond acceptors (Lipinski definition) is 1. The molecule has 0 spiro atoms. The SMILES string of the molecule is CC1=CC[C@H]2[C@@H]3[C@H](C(C)(C)O)CC[C@@]2(C)[C@@H]13. The Hall–Kier alpha value is -0.300. The molecule has 1 N–H and O–H groups in total. The van der Waals surface area contributed by atoms with Gasteiger partial charge < -0.3 is 5.11 Å². The summed E-state index contributed by atoms with van der Waals surface area (Å²) in [5, 5.41) is 10.3. The first-order chi connectivity index (χ1) is 7.36. The fourth-order valence-electron chi connectivity index (χ4n) is 5.25. The second-order valence-electron chi connectivity index (χ2n) is 7.15. The molecule has 0 heterocycles. The molecule has 0 aromatic carbocycles. The van der Waals surface area contributed by atoms with Gasteiger partial charge in [-0.05, 0) is 69.1 Å². The molecule has 1 heteroatoms. The molecule has 5 atom stereocenters. The third-order valence-electron chi connectivity index (χ3n) is 5.96. The van der Waals surface area contributed by atoms with Crippen molar-refractivity contribution in [1.29, 1.82) is 0 Å². The van der Waals surface area contributed by atoms with Gasteiger partial charge in [0, 0.05) is 0 Å². The van der Waals surface area contributed by atoms with Crippen molar-refractivity contribution >= 4 is 0 Å². The lowest BCUT2D eigenvalue weighted by Gasteiger charge is -2.70. The quantitative estimate of drug-likeness (QED) is 0.672. The third kappa shape index (κ3) is 1.11. The molecule has 0 amide bonds. The molecule has 4 bridgehead atoms. The van der Waals surface area contributed by atoms with Crippen LogP contribution in [0, 0.1) is 29.1 Å². The third-order valence-corrected chi connectivity index (χ3v) is 5.96. The van der Waals surface area contributed by atoms with Crippen LogP contribution < -0.4 is 0 Å². The number of allylic oxidation sites excluding steroid dienone is 2. The van der Waals surface area contributed by atoms with Crippen LogP contribution in [-0.2, 0) is 0 Å². The molecule has 0 aliphatic heterocycles. The van der Waals surface area contributed by atoms with Crippen molar-refractivity contribution in [3.63, 3.8) is 0 Å². The van der Waals surface area contributed by atoms with Crippen LogP contribution in [0.3, 0.4) is 0 Å². The van der Waals surface area contributed by atoms with E-state index in [0.29, 0.717) is 11.3 Å². The summed E-state index contributed by atoms with van der Waals surface area (Å²) < 4.78 is 0. The van der Waals surface area contributed by atoms with Gasteiger partial charge in [0.25, 0.3) is 0 Å². The van der Waals surface area contributed by atoms with Crippen LogP contribution in [0.2, 0.25) is 0 Å². The van der Waals surface area contributed by atoms with E-state index in [4.69, 9.17) is 0 Å². The van der Waals surface area contributed by atoms with E-state index >= 15 is 0 Å². The summed E-state index contributed by atoms with van der Waals surface area (Å²) in [6, 6.07) is 0. The zero-order valence-electron chi connectivity index (χ0n) is 11.0. The van der Waals surface area contributed by atoms with Crippen LogP contribution in [0.4, 0.5) is 0 Å².